The highest BCUT2D eigenvalue weighted by Crippen LogP contribution is 2.21. The van der Waals surface area contributed by atoms with Crippen molar-refractivity contribution in [2.45, 2.75) is 32.8 Å². The molecule has 4 rings (SSSR count). The first-order valence-electron chi connectivity index (χ1n) is 11.2. The lowest BCUT2D eigenvalue weighted by atomic mass is 10.1. The molecule has 0 saturated heterocycles. The first-order valence-corrected chi connectivity index (χ1v) is 12.0. The van der Waals surface area contributed by atoms with Gasteiger partial charge in [-0.2, -0.15) is 9.78 Å². The third-order valence-corrected chi connectivity index (χ3v) is 6.16. The first kappa shape index (κ1) is 24.3. The molecule has 0 bridgehead atoms. The molecule has 0 amide bonds. The van der Waals surface area contributed by atoms with E-state index in [0.29, 0.717) is 22.5 Å². The number of fused-ring (bicyclic) bond motifs is 1. The fraction of sp³-hybridized carbons (Fsp3) is 0.185. The Bertz CT molecular complexity index is 1460. The van der Waals surface area contributed by atoms with Gasteiger partial charge >= 0.3 is 5.97 Å². The summed E-state index contributed by atoms with van der Waals surface area (Å²) in [6.07, 6.45) is 2.45. The second-order valence-electron chi connectivity index (χ2n) is 8.17. The molecule has 0 aliphatic rings. The van der Waals surface area contributed by atoms with Crippen molar-refractivity contribution in [1.29, 1.82) is 0 Å². The lowest BCUT2D eigenvalue weighted by molar-refractivity contribution is 0.0696. The average molecular weight is 534 g/mol. The van der Waals surface area contributed by atoms with Gasteiger partial charge in [-0.3, -0.25) is 4.79 Å². The normalized spacial score (nSPS) is 12.2. The Balaban J connectivity index is 1.55. The van der Waals surface area contributed by atoms with E-state index in [2.05, 4.69) is 21.0 Å². The summed E-state index contributed by atoms with van der Waals surface area (Å²) in [5.74, 6) is 0.341. The van der Waals surface area contributed by atoms with E-state index in [0.717, 1.165) is 22.0 Å². The Labute approximate surface area is 210 Å². The molecule has 7 nitrogen and oxygen atoms in total. The molecular formula is C27H24BrN3O4. The predicted molar refractivity (Wildman–Crippen MR) is 140 cm³/mol. The maximum Gasteiger partial charge on any atom is 0.335 e. The van der Waals surface area contributed by atoms with Gasteiger partial charge in [0.1, 0.15) is 18.2 Å². The molecule has 1 aromatic heterocycles. The maximum absolute atomic E-state index is 13.2. The monoisotopic (exact) mass is 533 g/mol. The number of carbonyl (C=O) groups is 1. The van der Waals surface area contributed by atoms with E-state index >= 15 is 0 Å². The second kappa shape index (κ2) is 10.7. The van der Waals surface area contributed by atoms with Crippen molar-refractivity contribution in [2.24, 2.45) is 5.10 Å². The molecule has 8 heteroatoms. The molecular weight excluding hydrogens is 510 g/mol. The summed E-state index contributed by atoms with van der Waals surface area (Å²) in [6.45, 7) is 4.32. The Morgan fingerprint density at radius 1 is 1.17 bits per heavy atom. The van der Waals surface area contributed by atoms with Crippen LogP contribution in [0.2, 0.25) is 0 Å². The molecule has 3 aromatic carbocycles. The summed E-state index contributed by atoms with van der Waals surface area (Å²) in [4.78, 5) is 29.1. The van der Waals surface area contributed by atoms with Crippen molar-refractivity contribution in [3.63, 3.8) is 0 Å². The number of rotatable bonds is 8. The van der Waals surface area contributed by atoms with Gasteiger partial charge in [-0.1, -0.05) is 41.9 Å². The van der Waals surface area contributed by atoms with Gasteiger partial charge in [0.05, 0.1) is 22.7 Å². The number of carboxylic acids is 1. The SMILES string of the molecule is CC[C@@H](C)c1nc2ccc(Br)cc2c(=O)n1N=Cc1ccc(OCc2cccc(C(=O)O)c2)cc1. The second-order valence-corrected chi connectivity index (χ2v) is 9.08. The highest BCUT2D eigenvalue weighted by atomic mass is 79.9. The van der Waals surface area contributed by atoms with Crippen LogP contribution < -0.4 is 10.3 Å². The van der Waals surface area contributed by atoms with Crippen molar-refractivity contribution < 1.29 is 14.6 Å². The largest absolute Gasteiger partial charge is 0.489 e. The number of hydrogen-bond donors (Lipinski definition) is 1. The van der Waals surface area contributed by atoms with Gasteiger partial charge in [-0.05, 0) is 72.1 Å². The fourth-order valence-electron chi connectivity index (χ4n) is 3.51. The Hall–Kier alpha value is -3.78. The van der Waals surface area contributed by atoms with Crippen LogP contribution in [0.5, 0.6) is 5.75 Å². The molecule has 0 unspecified atom stereocenters. The molecule has 1 atom stereocenters. The number of hydrogen-bond acceptors (Lipinski definition) is 5. The summed E-state index contributed by atoms with van der Waals surface area (Å²) in [7, 11) is 0. The van der Waals surface area contributed by atoms with Crippen LogP contribution in [-0.2, 0) is 6.61 Å². The van der Waals surface area contributed by atoms with Crippen LogP contribution in [0.25, 0.3) is 10.9 Å². The molecule has 35 heavy (non-hydrogen) atoms. The molecule has 0 spiro atoms. The van der Waals surface area contributed by atoms with Crippen LogP contribution in [0.4, 0.5) is 0 Å². The van der Waals surface area contributed by atoms with E-state index in [4.69, 9.17) is 14.8 Å². The zero-order valence-electron chi connectivity index (χ0n) is 19.3. The lowest BCUT2D eigenvalue weighted by Crippen LogP contribution is -2.23. The van der Waals surface area contributed by atoms with E-state index in [9.17, 15) is 9.59 Å². The zero-order valence-corrected chi connectivity index (χ0v) is 20.9. The Morgan fingerprint density at radius 2 is 1.94 bits per heavy atom. The molecule has 0 radical (unpaired) electrons. The van der Waals surface area contributed by atoms with Crippen LogP contribution in [0.15, 0.2) is 81.1 Å². The number of ether oxygens (including phenoxy) is 1. The van der Waals surface area contributed by atoms with Crippen molar-refractivity contribution in [2.75, 3.05) is 0 Å². The summed E-state index contributed by atoms with van der Waals surface area (Å²) >= 11 is 3.42. The van der Waals surface area contributed by atoms with E-state index in [1.165, 1.54) is 4.68 Å². The molecule has 1 N–H and O–H groups in total. The van der Waals surface area contributed by atoms with Gasteiger partial charge in [0.15, 0.2) is 0 Å². The number of nitrogens with zero attached hydrogens (tertiary/aromatic N) is 3. The van der Waals surface area contributed by atoms with Gasteiger partial charge in [0.2, 0.25) is 0 Å². The van der Waals surface area contributed by atoms with Gasteiger partial charge < -0.3 is 9.84 Å². The summed E-state index contributed by atoms with van der Waals surface area (Å²) in [6, 6.07) is 19.4. The van der Waals surface area contributed by atoms with E-state index < -0.39 is 5.97 Å². The molecule has 1 heterocycles. The minimum Gasteiger partial charge on any atom is -0.489 e. The van der Waals surface area contributed by atoms with Gasteiger partial charge in [0, 0.05) is 10.4 Å². The van der Waals surface area contributed by atoms with Crippen LogP contribution in [0, 0.1) is 0 Å². The number of benzene rings is 3. The number of aromatic carboxylic acids is 1. The third kappa shape index (κ3) is 5.66. The average Bonchev–Trinajstić information content (AvgIpc) is 2.87. The van der Waals surface area contributed by atoms with Crippen LogP contribution in [0.1, 0.15) is 53.5 Å². The minimum absolute atomic E-state index is 0.0586. The Kier molecular flexibility index (Phi) is 7.41. The van der Waals surface area contributed by atoms with Gasteiger partial charge in [-0.15, -0.1) is 0 Å². The number of halogens is 1. The summed E-state index contributed by atoms with van der Waals surface area (Å²) < 4.78 is 7.97. The smallest absolute Gasteiger partial charge is 0.335 e. The quantitative estimate of drug-likeness (QED) is 0.287. The molecule has 0 aliphatic carbocycles. The van der Waals surface area contributed by atoms with E-state index in [-0.39, 0.29) is 23.6 Å². The van der Waals surface area contributed by atoms with Crippen molar-refractivity contribution >= 4 is 39.0 Å². The molecule has 0 saturated carbocycles. The summed E-state index contributed by atoms with van der Waals surface area (Å²) in [5.41, 5.74) is 2.21. The van der Waals surface area contributed by atoms with Crippen LogP contribution in [0.3, 0.4) is 0 Å². The summed E-state index contributed by atoms with van der Waals surface area (Å²) in [5, 5.41) is 14.1. The lowest BCUT2D eigenvalue weighted by Gasteiger charge is -2.14. The van der Waals surface area contributed by atoms with Crippen molar-refractivity contribution in [3.8, 4) is 5.75 Å². The molecule has 178 valence electrons. The van der Waals surface area contributed by atoms with Crippen LogP contribution >= 0.6 is 15.9 Å². The first-order chi connectivity index (χ1) is 16.9. The van der Waals surface area contributed by atoms with Gasteiger partial charge in [-0.25, -0.2) is 9.78 Å². The molecule has 4 aromatic rings. The fourth-order valence-corrected chi connectivity index (χ4v) is 3.88. The van der Waals surface area contributed by atoms with E-state index in [1.807, 2.05) is 44.2 Å². The molecule has 0 aliphatic heterocycles. The minimum atomic E-state index is -0.972. The standard InChI is InChI=1S/C27H24BrN3O4/c1-3-17(2)25-30-24-12-9-21(28)14-23(24)26(32)31(25)29-15-18-7-10-22(11-8-18)35-16-19-5-4-6-20(13-19)27(33)34/h4-15,17H,3,16H2,1-2H3,(H,33,34)/t17-/m1/s1. The van der Waals surface area contributed by atoms with Crippen molar-refractivity contribution in [3.05, 3.63) is 104 Å². The highest BCUT2D eigenvalue weighted by molar-refractivity contribution is 9.10. The third-order valence-electron chi connectivity index (χ3n) is 5.67. The van der Waals surface area contributed by atoms with Crippen molar-refractivity contribution in [1.82, 2.24) is 9.66 Å². The van der Waals surface area contributed by atoms with E-state index in [1.54, 1.807) is 42.6 Å². The topological polar surface area (TPSA) is 93.8 Å². The number of carboxylic acid groups (broad SMARTS) is 1. The Morgan fingerprint density at radius 3 is 2.66 bits per heavy atom. The van der Waals surface area contributed by atoms with Crippen LogP contribution in [-0.4, -0.2) is 27.0 Å². The molecule has 0 fully saturated rings. The maximum atomic E-state index is 13.2. The van der Waals surface area contributed by atoms with Gasteiger partial charge in [0.25, 0.3) is 5.56 Å². The highest BCUT2D eigenvalue weighted by Gasteiger charge is 2.15. The number of aromatic nitrogens is 2. The zero-order chi connectivity index (χ0) is 24.9. The predicted octanol–water partition coefficient (Wildman–Crippen LogP) is 5.83.